The number of rotatable bonds is 2. The summed E-state index contributed by atoms with van der Waals surface area (Å²) in [7, 11) is 0. The highest BCUT2D eigenvalue weighted by Gasteiger charge is 2.21. The summed E-state index contributed by atoms with van der Waals surface area (Å²) in [6.45, 7) is 2.77. The van der Waals surface area contributed by atoms with Crippen molar-refractivity contribution in [1.29, 1.82) is 0 Å². The van der Waals surface area contributed by atoms with Gasteiger partial charge in [-0.3, -0.25) is 9.30 Å². The van der Waals surface area contributed by atoms with Crippen LogP contribution in [0.3, 0.4) is 0 Å². The first-order chi connectivity index (χ1) is 10.2. The molecule has 0 unspecified atom stereocenters. The van der Waals surface area contributed by atoms with Gasteiger partial charge in [-0.25, -0.2) is 4.98 Å². The van der Waals surface area contributed by atoms with Crippen molar-refractivity contribution in [2.24, 2.45) is 0 Å². The number of imidazole rings is 1. The fourth-order valence-corrected chi connectivity index (χ4v) is 3.59. The van der Waals surface area contributed by atoms with Crippen molar-refractivity contribution in [2.45, 2.75) is 19.6 Å². The largest absolute Gasteiger partial charge is 0.293 e. The van der Waals surface area contributed by atoms with E-state index < -0.39 is 0 Å². The lowest BCUT2D eigenvalue weighted by atomic mass is 10.1. The van der Waals surface area contributed by atoms with Gasteiger partial charge in [0.1, 0.15) is 4.60 Å². The molecule has 4 rings (SSSR count). The normalized spacial score (nSPS) is 14.8. The number of aromatic nitrogens is 2. The van der Waals surface area contributed by atoms with Gasteiger partial charge >= 0.3 is 0 Å². The van der Waals surface area contributed by atoms with Crippen LogP contribution in [0.15, 0.2) is 47.2 Å². The minimum atomic E-state index is 0.675. The predicted molar refractivity (Wildman–Crippen MR) is 87.3 cm³/mol. The molecular weight excluding hydrogens is 350 g/mol. The molecule has 0 radical (unpaired) electrons. The van der Waals surface area contributed by atoms with E-state index in [1.54, 1.807) is 0 Å². The zero-order valence-corrected chi connectivity index (χ0v) is 13.6. The van der Waals surface area contributed by atoms with Crippen LogP contribution in [0.4, 0.5) is 0 Å². The fourth-order valence-electron chi connectivity index (χ4n) is 2.88. The summed E-state index contributed by atoms with van der Waals surface area (Å²) in [6, 6.07) is 12.4. The molecule has 0 spiro atoms. The molecule has 5 heteroatoms. The number of nitrogens with zero attached hydrogens (tertiary/aromatic N) is 3. The van der Waals surface area contributed by atoms with Gasteiger partial charge in [-0.2, -0.15) is 0 Å². The summed E-state index contributed by atoms with van der Waals surface area (Å²) >= 11 is 9.86. The smallest absolute Gasteiger partial charge is 0.156 e. The van der Waals surface area contributed by atoms with Crippen molar-refractivity contribution >= 4 is 33.2 Å². The number of hydrogen-bond acceptors (Lipinski definition) is 2. The summed E-state index contributed by atoms with van der Waals surface area (Å²) in [6.07, 6.45) is 1.97. The quantitative estimate of drug-likeness (QED) is 0.679. The molecule has 3 heterocycles. The molecule has 0 aliphatic carbocycles. The lowest BCUT2D eigenvalue weighted by molar-refractivity contribution is 0.272. The highest BCUT2D eigenvalue weighted by atomic mass is 79.9. The average molecular weight is 363 g/mol. The molecule has 0 atom stereocenters. The molecule has 1 aliphatic heterocycles. The van der Waals surface area contributed by atoms with Crippen LogP contribution in [-0.2, 0) is 19.6 Å². The SMILES string of the molecule is Clc1cccn2c(Br)c(CN3Cc4ccccc4C3)nc12. The highest BCUT2D eigenvalue weighted by Crippen LogP contribution is 2.28. The molecule has 106 valence electrons. The summed E-state index contributed by atoms with van der Waals surface area (Å²) in [5.41, 5.74) is 4.65. The second-order valence-electron chi connectivity index (χ2n) is 5.31. The summed E-state index contributed by atoms with van der Waals surface area (Å²) in [4.78, 5) is 7.07. The lowest BCUT2D eigenvalue weighted by Gasteiger charge is -2.13. The monoisotopic (exact) mass is 361 g/mol. The molecule has 1 aromatic carbocycles. The third-order valence-electron chi connectivity index (χ3n) is 3.89. The van der Waals surface area contributed by atoms with Crippen LogP contribution in [0.2, 0.25) is 5.02 Å². The van der Waals surface area contributed by atoms with Crippen molar-refractivity contribution in [2.75, 3.05) is 0 Å². The summed E-state index contributed by atoms with van der Waals surface area (Å²) < 4.78 is 2.97. The van der Waals surface area contributed by atoms with Gasteiger partial charge in [-0.05, 0) is 39.2 Å². The minimum absolute atomic E-state index is 0.675. The molecular formula is C16H13BrClN3. The fraction of sp³-hybridized carbons (Fsp3) is 0.188. The summed E-state index contributed by atoms with van der Waals surface area (Å²) in [5.74, 6) is 0. The molecule has 0 N–H and O–H groups in total. The van der Waals surface area contributed by atoms with E-state index in [4.69, 9.17) is 11.6 Å². The maximum atomic E-state index is 6.21. The van der Waals surface area contributed by atoms with E-state index in [1.165, 1.54) is 11.1 Å². The van der Waals surface area contributed by atoms with Crippen molar-refractivity contribution < 1.29 is 0 Å². The van der Waals surface area contributed by atoms with Gasteiger partial charge in [0.05, 0.1) is 10.7 Å². The third kappa shape index (κ3) is 2.27. The van der Waals surface area contributed by atoms with Crippen molar-refractivity contribution in [3.05, 3.63) is 69.0 Å². The second-order valence-corrected chi connectivity index (χ2v) is 6.47. The van der Waals surface area contributed by atoms with Gasteiger partial charge in [0.15, 0.2) is 5.65 Å². The molecule has 3 aromatic rings. The molecule has 0 saturated carbocycles. The van der Waals surface area contributed by atoms with E-state index in [0.717, 1.165) is 35.6 Å². The van der Waals surface area contributed by atoms with Crippen molar-refractivity contribution in [3.63, 3.8) is 0 Å². The van der Waals surface area contributed by atoms with Crippen molar-refractivity contribution in [1.82, 2.24) is 14.3 Å². The van der Waals surface area contributed by atoms with Crippen LogP contribution in [0.5, 0.6) is 0 Å². The Labute approximate surface area is 136 Å². The van der Waals surface area contributed by atoms with Crippen LogP contribution in [0.25, 0.3) is 5.65 Å². The number of halogens is 2. The number of pyridine rings is 1. The Kier molecular flexibility index (Phi) is 3.25. The molecule has 21 heavy (non-hydrogen) atoms. The molecule has 2 aromatic heterocycles. The van der Waals surface area contributed by atoms with Gasteiger partial charge < -0.3 is 0 Å². The van der Waals surface area contributed by atoms with Crippen LogP contribution < -0.4 is 0 Å². The van der Waals surface area contributed by atoms with E-state index in [1.807, 2.05) is 22.7 Å². The Hall–Kier alpha value is -1.36. The number of benzene rings is 1. The first kappa shape index (κ1) is 13.3. The topological polar surface area (TPSA) is 20.5 Å². The number of fused-ring (bicyclic) bond motifs is 2. The molecule has 0 amide bonds. The van der Waals surface area contributed by atoms with E-state index in [2.05, 4.69) is 50.1 Å². The van der Waals surface area contributed by atoms with Crippen LogP contribution in [0.1, 0.15) is 16.8 Å². The highest BCUT2D eigenvalue weighted by molar-refractivity contribution is 9.10. The van der Waals surface area contributed by atoms with Gasteiger partial charge in [0.2, 0.25) is 0 Å². The Balaban J connectivity index is 1.64. The molecule has 1 aliphatic rings. The average Bonchev–Trinajstić information content (AvgIpc) is 3.03. The maximum absolute atomic E-state index is 6.21. The molecule has 3 nitrogen and oxygen atoms in total. The van der Waals surface area contributed by atoms with E-state index >= 15 is 0 Å². The predicted octanol–water partition coefficient (Wildman–Crippen LogP) is 4.27. The maximum Gasteiger partial charge on any atom is 0.156 e. The van der Waals surface area contributed by atoms with Gasteiger partial charge in [0, 0.05) is 25.8 Å². The van der Waals surface area contributed by atoms with Crippen LogP contribution >= 0.6 is 27.5 Å². The number of hydrogen-bond donors (Lipinski definition) is 0. The second kappa shape index (κ2) is 5.13. The van der Waals surface area contributed by atoms with E-state index in [9.17, 15) is 0 Å². The van der Waals surface area contributed by atoms with E-state index in [-0.39, 0.29) is 0 Å². The lowest BCUT2D eigenvalue weighted by Crippen LogP contribution is -2.16. The van der Waals surface area contributed by atoms with Crippen LogP contribution in [0, 0.1) is 0 Å². The van der Waals surface area contributed by atoms with Gasteiger partial charge in [-0.1, -0.05) is 35.9 Å². The zero-order chi connectivity index (χ0) is 14.4. The van der Waals surface area contributed by atoms with Gasteiger partial charge in [0.25, 0.3) is 0 Å². The first-order valence-corrected chi connectivity index (χ1v) is 7.99. The Morgan fingerprint density at radius 2 is 1.81 bits per heavy atom. The van der Waals surface area contributed by atoms with E-state index in [0.29, 0.717) is 5.02 Å². The Bertz CT molecular complexity index is 803. The molecule has 0 fully saturated rings. The standard InChI is InChI=1S/C16H13BrClN3/c17-15-14(19-16-13(18)6-3-7-21(15)16)10-20-8-11-4-1-2-5-12(11)9-20/h1-7H,8-10H2. The Morgan fingerprint density at radius 1 is 1.10 bits per heavy atom. The molecule has 0 bridgehead atoms. The zero-order valence-electron chi connectivity index (χ0n) is 11.3. The first-order valence-electron chi connectivity index (χ1n) is 6.82. The third-order valence-corrected chi connectivity index (χ3v) is 5.02. The molecule has 0 saturated heterocycles. The Morgan fingerprint density at radius 3 is 2.48 bits per heavy atom. The van der Waals surface area contributed by atoms with Crippen molar-refractivity contribution in [3.8, 4) is 0 Å². The van der Waals surface area contributed by atoms with Gasteiger partial charge in [-0.15, -0.1) is 0 Å². The minimum Gasteiger partial charge on any atom is -0.293 e. The van der Waals surface area contributed by atoms with Crippen LogP contribution in [-0.4, -0.2) is 14.3 Å². The summed E-state index contributed by atoms with van der Waals surface area (Å²) in [5, 5.41) is 0.675.